The standard InChI is InChI=1S/C12H21N/c1-5-10(4)8-11(6-2)9-12(13)7-3/h8-9,13H,5-7H2,1-4H3/b10-8+,11-9-,13-12?. The summed E-state index contributed by atoms with van der Waals surface area (Å²) in [6, 6.07) is 0. The van der Waals surface area contributed by atoms with Crippen LogP contribution in [0.25, 0.3) is 0 Å². The lowest BCUT2D eigenvalue weighted by molar-refractivity contribution is 1.07. The van der Waals surface area contributed by atoms with Crippen molar-refractivity contribution in [3.8, 4) is 0 Å². The van der Waals surface area contributed by atoms with Crippen molar-refractivity contribution in [2.45, 2.75) is 47.0 Å². The predicted octanol–water partition coefficient (Wildman–Crippen LogP) is 4.11. The van der Waals surface area contributed by atoms with E-state index in [0.29, 0.717) is 0 Å². The molecule has 0 fully saturated rings. The first-order valence-electron chi connectivity index (χ1n) is 5.09. The normalized spacial score (nSPS) is 13.2. The van der Waals surface area contributed by atoms with E-state index in [1.54, 1.807) is 0 Å². The van der Waals surface area contributed by atoms with Crippen LogP contribution in [0.2, 0.25) is 0 Å². The molecule has 0 aromatic carbocycles. The van der Waals surface area contributed by atoms with Crippen molar-refractivity contribution in [3.63, 3.8) is 0 Å². The van der Waals surface area contributed by atoms with E-state index >= 15 is 0 Å². The topological polar surface area (TPSA) is 23.9 Å². The number of rotatable bonds is 5. The molecule has 0 bridgehead atoms. The summed E-state index contributed by atoms with van der Waals surface area (Å²) >= 11 is 0. The first-order chi connectivity index (χ1) is 6.13. The van der Waals surface area contributed by atoms with Crippen LogP contribution >= 0.6 is 0 Å². The molecule has 0 heterocycles. The van der Waals surface area contributed by atoms with E-state index < -0.39 is 0 Å². The molecule has 0 unspecified atom stereocenters. The second kappa shape index (κ2) is 6.64. The summed E-state index contributed by atoms with van der Waals surface area (Å²) in [7, 11) is 0. The monoisotopic (exact) mass is 179 g/mol. The Labute approximate surface area is 82.1 Å². The molecule has 0 aliphatic carbocycles. The number of allylic oxidation sites excluding steroid dienone is 4. The molecule has 1 heteroatoms. The van der Waals surface area contributed by atoms with E-state index in [1.165, 1.54) is 11.1 Å². The van der Waals surface area contributed by atoms with Crippen LogP contribution in [0.15, 0.2) is 23.3 Å². The lowest BCUT2D eigenvalue weighted by atomic mass is 10.1. The summed E-state index contributed by atoms with van der Waals surface area (Å²) in [5.74, 6) is 0. The molecular formula is C12H21N. The van der Waals surface area contributed by atoms with Crippen LogP contribution in [0, 0.1) is 5.41 Å². The van der Waals surface area contributed by atoms with Crippen LogP contribution in [-0.2, 0) is 0 Å². The fraction of sp³-hybridized carbons (Fsp3) is 0.583. The average molecular weight is 179 g/mol. The second-order valence-electron chi connectivity index (χ2n) is 3.30. The van der Waals surface area contributed by atoms with Crippen LogP contribution in [0.4, 0.5) is 0 Å². The first kappa shape index (κ1) is 12.2. The maximum atomic E-state index is 7.57. The fourth-order valence-electron chi connectivity index (χ4n) is 0.990. The quantitative estimate of drug-likeness (QED) is 0.485. The Hall–Kier alpha value is -0.850. The van der Waals surface area contributed by atoms with Gasteiger partial charge in [0.1, 0.15) is 0 Å². The van der Waals surface area contributed by atoms with Gasteiger partial charge in [-0.15, -0.1) is 0 Å². The van der Waals surface area contributed by atoms with Gasteiger partial charge in [-0.05, 0) is 37.8 Å². The average Bonchev–Trinajstić information content (AvgIpc) is 2.16. The molecule has 0 saturated carbocycles. The first-order valence-corrected chi connectivity index (χ1v) is 5.09. The van der Waals surface area contributed by atoms with Crippen molar-refractivity contribution < 1.29 is 0 Å². The van der Waals surface area contributed by atoms with Gasteiger partial charge in [-0.25, -0.2) is 0 Å². The fourth-order valence-corrected chi connectivity index (χ4v) is 0.990. The zero-order chi connectivity index (χ0) is 10.3. The summed E-state index contributed by atoms with van der Waals surface area (Å²) in [6.07, 6.45) is 7.11. The molecule has 0 aliphatic heterocycles. The van der Waals surface area contributed by atoms with E-state index in [-0.39, 0.29) is 0 Å². The van der Waals surface area contributed by atoms with Crippen LogP contribution < -0.4 is 0 Å². The van der Waals surface area contributed by atoms with Crippen molar-refractivity contribution in [1.82, 2.24) is 0 Å². The number of hydrogen-bond donors (Lipinski definition) is 1. The van der Waals surface area contributed by atoms with E-state index in [9.17, 15) is 0 Å². The molecule has 1 nitrogen and oxygen atoms in total. The Bertz CT molecular complexity index is 221. The van der Waals surface area contributed by atoms with E-state index in [1.807, 2.05) is 13.0 Å². The number of nitrogens with one attached hydrogen (secondary N) is 1. The highest BCUT2D eigenvalue weighted by atomic mass is 14.4. The summed E-state index contributed by atoms with van der Waals surface area (Å²) in [6.45, 7) is 8.44. The van der Waals surface area contributed by atoms with Crippen molar-refractivity contribution >= 4 is 5.71 Å². The predicted molar refractivity (Wildman–Crippen MR) is 60.4 cm³/mol. The van der Waals surface area contributed by atoms with Gasteiger partial charge in [0.05, 0.1) is 0 Å². The summed E-state index contributed by atoms with van der Waals surface area (Å²) in [5.41, 5.74) is 3.38. The Morgan fingerprint density at radius 3 is 2.00 bits per heavy atom. The van der Waals surface area contributed by atoms with Crippen molar-refractivity contribution in [3.05, 3.63) is 23.3 Å². The minimum atomic E-state index is 0.719. The van der Waals surface area contributed by atoms with Gasteiger partial charge in [-0.3, -0.25) is 0 Å². The van der Waals surface area contributed by atoms with Crippen molar-refractivity contribution in [1.29, 1.82) is 5.41 Å². The molecule has 0 radical (unpaired) electrons. The molecule has 74 valence electrons. The number of hydrogen-bond acceptors (Lipinski definition) is 1. The molecule has 0 rings (SSSR count). The van der Waals surface area contributed by atoms with Crippen molar-refractivity contribution in [2.24, 2.45) is 0 Å². The van der Waals surface area contributed by atoms with E-state index in [0.717, 1.165) is 25.0 Å². The molecule has 0 spiro atoms. The summed E-state index contributed by atoms with van der Waals surface area (Å²) in [4.78, 5) is 0. The van der Waals surface area contributed by atoms with Crippen LogP contribution in [0.1, 0.15) is 47.0 Å². The van der Waals surface area contributed by atoms with Crippen LogP contribution in [0.3, 0.4) is 0 Å². The summed E-state index contributed by atoms with van der Waals surface area (Å²) in [5, 5.41) is 7.57. The Morgan fingerprint density at radius 2 is 1.62 bits per heavy atom. The van der Waals surface area contributed by atoms with Gasteiger partial charge >= 0.3 is 0 Å². The third-order valence-electron chi connectivity index (χ3n) is 2.14. The molecule has 0 saturated heterocycles. The van der Waals surface area contributed by atoms with Gasteiger partial charge in [0.25, 0.3) is 0 Å². The van der Waals surface area contributed by atoms with Gasteiger partial charge in [-0.2, -0.15) is 0 Å². The van der Waals surface area contributed by atoms with Gasteiger partial charge < -0.3 is 5.41 Å². The molecule has 13 heavy (non-hydrogen) atoms. The van der Waals surface area contributed by atoms with Gasteiger partial charge in [0.2, 0.25) is 0 Å². The highest BCUT2D eigenvalue weighted by Gasteiger charge is 1.93. The lowest BCUT2D eigenvalue weighted by Gasteiger charge is -2.00. The molecule has 0 amide bonds. The van der Waals surface area contributed by atoms with E-state index in [4.69, 9.17) is 5.41 Å². The largest absolute Gasteiger partial charge is 0.305 e. The maximum Gasteiger partial charge on any atom is 0.0313 e. The van der Waals surface area contributed by atoms with Crippen LogP contribution in [-0.4, -0.2) is 5.71 Å². The Balaban J connectivity index is 4.51. The minimum absolute atomic E-state index is 0.719. The van der Waals surface area contributed by atoms with Gasteiger partial charge in [-0.1, -0.05) is 32.4 Å². The van der Waals surface area contributed by atoms with Crippen molar-refractivity contribution in [2.75, 3.05) is 0 Å². The Kier molecular flexibility index (Phi) is 6.21. The SMILES string of the molecule is CCC(=N)/C=C(\C=C(/C)CC)CC. The molecule has 0 aromatic rings. The highest BCUT2D eigenvalue weighted by molar-refractivity contribution is 5.92. The third-order valence-corrected chi connectivity index (χ3v) is 2.14. The smallest absolute Gasteiger partial charge is 0.0313 e. The van der Waals surface area contributed by atoms with E-state index in [2.05, 4.69) is 26.8 Å². The van der Waals surface area contributed by atoms with Crippen LogP contribution in [0.5, 0.6) is 0 Å². The summed E-state index contributed by atoms with van der Waals surface area (Å²) < 4.78 is 0. The zero-order valence-corrected chi connectivity index (χ0v) is 9.28. The zero-order valence-electron chi connectivity index (χ0n) is 9.28. The minimum Gasteiger partial charge on any atom is -0.305 e. The van der Waals surface area contributed by atoms with Gasteiger partial charge in [0.15, 0.2) is 0 Å². The molecule has 0 atom stereocenters. The molecule has 0 aliphatic rings. The molecular weight excluding hydrogens is 158 g/mol. The molecule has 0 aromatic heterocycles. The molecule has 1 N–H and O–H groups in total. The third kappa shape index (κ3) is 5.40. The Morgan fingerprint density at radius 1 is 1.00 bits per heavy atom. The van der Waals surface area contributed by atoms with Gasteiger partial charge in [0, 0.05) is 5.71 Å². The second-order valence-corrected chi connectivity index (χ2v) is 3.30. The lowest BCUT2D eigenvalue weighted by Crippen LogP contribution is -1.90. The maximum absolute atomic E-state index is 7.57. The highest BCUT2D eigenvalue weighted by Crippen LogP contribution is 2.09.